The van der Waals surface area contributed by atoms with Crippen molar-refractivity contribution < 1.29 is 9.59 Å². The summed E-state index contributed by atoms with van der Waals surface area (Å²) in [6, 6.07) is 9.37. The van der Waals surface area contributed by atoms with E-state index in [9.17, 15) is 9.59 Å². The van der Waals surface area contributed by atoms with Crippen molar-refractivity contribution in [2.45, 2.75) is 12.8 Å². The van der Waals surface area contributed by atoms with Gasteiger partial charge in [-0.15, -0.1) is 11.3 Å². The molecular formula is C19H19N5O2S. The highest BCUT2D eigenvalue weighted by Crippen LogP contribution is 2.24. The first-order valence-corrected chi connectivity index (χ1v) is 9.73. The Hall–Kier alpha value is -3.00. The second-order valence-corrected chi connectivity index (χ2v) is 7.20. The van der Waals surface area contributed by atoms with E-state index in [1.54, 1.807) is 34.0 Å². The van der Waals surface area contributed by atoms with Crippen LogP contribution in [0, 0.1) is 5.92 Å². The van der Waals surface area contributed by atoms with Crippen molar-refractivity contribution in [3.63, 3.8) is 0 Å². The first-order valence-electron chi connectivity index (χ1n) is 8.79. The van der Waals surface area contributed by atoms with Crippen molar-refractivity contribution in [1.82, 2.24) is 20.1 Å². The molecule has 0 radical (unpaired) electrons. The number of carbonyl (C=O) groups is 2. The van der Waals surface area contributed by atoms with Gasteiger partial charge in [-0.05, 0) is 31.0 Å². The number of amides is 2. The molecule has 138 valence electrons. The van der Waals surface area contributed by atoms with Gasteiger partial charge in [0.1, 0.15) is 5.69 Å². The van der Waals surface area contributed by atoms with Crippen LogP contribution >= 0.6 is 11.3 Å². The quantitative estimate of drug-likeness (QED) is 0.727. The van der Waals surface area contributed by atoms with E-state index in [1.165, 1.54) is 0 Å². The second-order valence-electron chi connectivity index (χ2n) is 6.48. The van der Waals surface area contributed by atoms with Gasteiger partial charge in [0.2, 0.25) is 5.91 Å². The SMILES string of the molecule is O=C(Nc1cccc(-c2cscn2)c1)C1CCN(C(=O)c2ccn[nH]2)CC1. The van der Waals surface area contributed by atoms with Crippen LogP contribution in [-0.4, -0.2) is 45.0 Å². The minimum atomic E-state index is -0.0984. The number of carbonyl (C=O) groups excluding carboxylic acids is 2. The Kier molecular flexibility index (Phi) is 4.97. The third-order valence-electron chi connectivity index (χ3n) is 4.74. The van der Waals surface area contributed by atoms with Crippen LogP contribution in [0.3, 0.4) is 0 Å². The molecule has 0 bridgehead atoms. The van der Waals surface area contributed by atoms with Crippen molar-refractivity contribution in [1.29, 1.82) is 0 Å². The van der Waals surface area contributed by atoms with E-state index in [0.717, 1.165) is 16.9 Å². The molecule has 4 rings (SSSR count). The molecule has 1 aromatic carbocycles. The minimum absolute atomic E-state index is 0.000864. The number of rotatable bonds is 4. The Balaban J connectivity index is 1.35. The van der Waals surface area contributed by atoms with E-state index >= 15 is 0 Å². The summed E-state index contributed by atoms with van der Waals surface area (Å²) in [7, 11) is 0. The van der Waals surface area contributed by atoms with Crippen molar-refractivity contribution in [2.75, 3.05) is 18.4 Å². The number of aromatic nitrogens is 3. The van der Waals surface area contributed by atoms with Gasteiger partial charge in [0, 0.05) is 41.8 Å². The van der Waals surface area contributed by atoms with Crippen LogP contribution in [0.1, 0.15) is 23.3 Å². The third-order valence-corrected chi connectivity index (χ3v) is 5.33. The summed E-state index contributed by atoms with van der Waals surface area (Å²) in [5.74, 6) is -0.167. The zero-order chi connectivity index (χ0) is 18.6. The van der Waals surface area contributed by atoms with Gasteiger partial charge in [0.25, 0.3) is 5.91 Å². The molecule has 0 aliphatic carbocycles. The molecule has 2 amide bonds. The highest BCUT2D eigenvalue weighted by molar-refractivity contribution is 7.07. The fourth-order valence-corrected chi connectivity index (χ4v) is 3.81. The molecule has 1 saturated heterocycles. The largest absolute Gasteiger partial charge is 0.337 e. The van der Waals surface area contributed by atoms with Crippen molar-refractivity contribution in [2.24, 2.45) is 5.92 Å². The summed E-state index contributed by atoms with van der Waals surface area (Å²) in [4.78, 5) is 31.0. The molecule has 3 heterocycles. The Bertz CT molecular complexity index is 916. The monoisotopic (exact) mass is 381 g/mol. The molecule has 1 aliphatic rings. The number of nitrogens with zero attached hydrogens (tertiary/aromatic N) is 3. The van der Waals surface area contributed by atoms with Crippen LogP contribution in [-0.2, 0) is 4.79 Å². The predicted octanol–water partition coefficient (Wildman–Crippen LogP) is 3.02. The maximum Gasteiger partial charge on any atom is 0.271 e. The van der Waals surface area contributed by atoms with E-state index < -0.39 is 0 Å². The Morgan fingerprint density at radius 3 is 2.78 bits per heavy atom. The van der Waals surface area contributed by atoms with E-state index in [0.29, 0.717) is 31.6 Å². The summed E-state index contributed by atoms with van der Waals surface area (Å²) in [5, 5.41) is 11.5. The van der Waals surface area contributed by atoms with Gasteiger partial charge in [0.15, 0.2) is 0 Å². The maximum absolute atomic E-state index is 12.6. The van der Waals surface area contributed by atoms with Crippen molar-refractivity contribution >= 4 is 28.8 Å². The van der Waals surface area contributed by atoms with Crippen LogP contribution in [0.4, 0.5) is 5.69 Å². The molecule has 3 aromatic rings. The third kappa shape index (κ3) is 3.90. The summed E-state index contributed by atoms with van der Waals surface area (Å²) < 4.78 is 0. The van der Waals surface area contributed by atoms with E-state index in [1.807, 2.05) is 29.6 Å². The topological polar surface area (TPSA) is 91.0 Å². The Labute approximate surface area is 160 Å². The lowest BCUT2D eigenvalue weighted by molar-refractivity contribution is -0.121. The average molecular weight is 381 g/mol. The smallest absolute Gasteiger partial charge is 0.271 e. The molecule has 27 heavy (non-hydrogen) atoms. The summed E-state index contributed by atoms with van der Waals surface area (Å²) in [6.45, 7) is 1.13. The number of H-pyrrole nitrogens is 1. The van der Waals surface area contributed by atoms with Crippen LogP contribution in [0.15, 0.2) is 47.4 Å². The lowest BCUT2D eigenvalue weighted by Crippen LogP contribution is -2.41. The van der Waals surface area contributed by atoms with E-state index in [-0.39, 0.29) is 17.7 Å². The van der Waals surface area contributed by atoms with Crippen LogP contribution in [0.5, 0.6) is 0 Å². The zero-order valence-electron chi connectivity index (χ0n) is 14.6. The van der Waals surface area contributed by atoms with Gasteiger partial charge in [-0.1, -0.05) is 12.1 Å². The van der Waals surface area contributed by atoms with Crippen LogP contribution in [0.25, 0.3) is 11.3 Å². The molecule has 1 aliphatic heterocycles. The van der Waals surface area contributed by atoms with E-state index in [4.69, 9.17) is 0 Å². The first-order chi connectivity index (χ1) is 13.2. The normalized spacial score (nSPS) is 14.9. The number of anilines is 1. The summed E-state index contributed by atoms with van der Waals surface area (Å²) in [6.07, 6.45) is 2.86. The zero-order valence-corrected chi connectivity index (χ0v) is 15.4. The highest BCUT2D eigenvalue weighted by Gasteiger charge is 2.28. The number of benzene rings is 1. The maximum atomic E-state index is 12.6. The fourth-order valence-electron chi connectivity index (χ4n) is 3.25. The number of hydrogen-bond donors (Lipinski definition) is 2. The number of aromatic amines is 1. The molecule has 8 heteroatoms. The van der Waals surface area contributed by atoms with Gasteiger partial charge in [-0.2, -0.15) is 5.10 Å². The molecule has 1 fully saturated rings. The average Bonchev–Trinajstić information content (AvgIpc) is 3.42. The second kappa shape index (κ2) is 7.71. The molecule has 2 aromatic heterocycles. The molecule has 2 N–H and O–H groups in total. The molecular weight excluding hydrogens is 362 g/mol. The van der Waals surface area contributed by atoms with Gasteiger partial charge in [-0.3, -0.25) is 14.7 Å². The number of piperidine rings is 1. The molecule has 0 saturated carbocycles. The number of hydrogen-bond acceptors (Lipinski definition) is 5. The molecule has 0 unspecified atom stereocenters. The number of likely N-dealkylation sites (tertiary alicyclic amines) is 1. The predicted molar refractivity (Wildman–Crippen MR) is 103 cm³/mol. The molecule has 0 spiro atoms. The van der Waals surface area contributed by atoms with Gasteiger partial charge in [-0.25, -0.2) is 4.98 Å². The van der Waals surface area contributed by atoms with Crippen LogP contribution in [0.2, 0.25) is 0 Å². The van der Waals surface area contributed by atoms with Gasteiger partial charge < -0.3 is 10.2 Å². The Morgan fingerprint density at radius 1 is 1.22 bits per heavy atom. The lowest BCUT2D eigenvalue weighted by atomic mass is 9.95. The minimum Gasteiger partial charge on any atom is -0.337 e. The van der Waals surface area contributed by atoms with Crippen molar-refractivity contribution in [3.8, 4) is 11.3 Å². The highest BCUT2D eigenvalue weighted by atomic mass is 32.1. The van der Waals surface area contributed by atoms with E-state index in [2.05, 4.69) is 20.5 Å². The summed E-state index contributed by atoms with van der Waals surface area (Å²) in [5.41, 5.74) is 4.92. The van der Waals surface area contributed by atoms with Crippen LogP contribution < -0.4 is 5.32 Å². The molecule has 7 nitrogen and oxygen atoms in total. The summed E-state index contributed by atoms with van der Waals surface area (Å²) >= 11 is 1.54. The van der Waals surface area contributed by atoms with Crippen molar-refractivity contribution in [3.05, 3.63) is 53.1 Å². The lowest BCUT2D eigenvalue weighted by Gasteiger charge is -2.31. The standard InChI is InChI=1S/C19H19N5O2S/c25-18(22-15-3-1-2-14(10-15)17-11-27-12-20-17)13-5-8-24(9-6-13)19(26)16-4-7-21-23-16/h1-4,7,10-13H,5-6,8-9H2,(H,21,23)(H,22,25). The Morgan fingerprint density at radius 2 is 2.07 bits per heavy atom. The molecule has 0 atom stereocenters. The first kappa shape index (κ1) is 17.4. The van der Waals surface area contributed by atoms with Gasteiger partial charge >= 0.3 is 0 Å². The fraction of sp³-hybridized carbons (Fsp3) is 0.263. The van der Waals surface area contributed by atoms with Gasteiger partial charge in [0.05, 0.1) is 11.2 Å². The number of nitrogens with one attached hydrogen (secondary N) is 2. The number of thiazole rings is 1.